The number of amides is 1. The minimum Gasteiger partial charge on any atom is -0.325 e. The molecule has 1 atom stereocenters. The molecule has 0 aliphatic carbocycles. The van der Waals surface area contributed by atoms with E-state index >= 15 is 0 Å². The lowest BCUT2D eigenvalue weighted by Crippen LogP contribution is -2.23. The van der Waals surface area contributed by atoms with Crippen LogP contribution < -0.4 is 5.32 Å². The van der Waals surface area contributed by atoms with Crippen LogP contribution in [0.5, 0.6) is 0 Å². The van der Waals surface area contributed by atoms with Gasteiger partial charge in [-0.15, -0.1) is 10.2 Å². The molecule has 0 bridgehead atoms. The molecule has 0 unspecified atom stereocenters. The highest BCUT2D eigenvalue weighted by molar-refractivity contribution is 8.00. The van der Waals surface area contributed by atoms with E-state index in [0.29, 0.717) is 5.16 Å². The minimum atomic E-state index is -1.00. The van der Waals surface area contributed by atoms with Crippen LogP contribution in [0.1, 0.15) is 12.7 Å². The normalized spacial score (nSPS) is 12.2. The molecule has 5 nitrogen and oxygen atoms in total. The predicted octanol–water partition coefficient (Wildman–Crippen LogP) is 2.52. The second kappa shape index (κ2) is 6.21. The first-order valence-corrected chi connectivity index (χ1v) is 7.05. The Hall–Kier alpha value is -1.96. The highest BCUT2D eigenvalue weighted by atomic mass is 32.2. The van der Waals surface area contributed by atoms with E-state index < -0.39 is 16.9 Å². The summed E-state index contributed by atoms with van der Waals surface area (Å²) in [5.74, 6) is -1.54. The number of halogens is 2. The van der Waals surface area contributed by atoms with Crippen LogP contribution in [0.25, 0.3) is 0 Å². The monoisotopic (exact) mass is 312 g/mol. The average molecular weight is 312 g/mol. The molecule has 2 aromatic rings. The van der Waals surface area contributed by atoms with E-state index in [0.717, 1.165) is 18.0 Å². The highest BCUT2D eigenvalue weighted by Gasteiger charge is 2.18. The fourth-order valence-electron chi connectivity index (χ4n) is 1.52. The van der Waals surface area contributed by atoms with E-state index in [9.17, 15) is 13.6 Å². The number of aromatic nitrogens is 3. The molecule has 0 fully saturated rings. The van der Waals surface area contributed by atoms with E-state index in [1.165, 1.54) is 17.8 Å². The first-order valence-electron chi connectivity index (χ1n) is 6.17. The number of benzene rings is 1. The summed E-state index contributed by atoms with van der Waals surface area (Å²) in [5.41, 5.74) is 0.209. The van der Waals surface area contributed by atoms with E-state index in [1.807, 2.05) is 6.92 Å². The van der Waals surface area contributed by atoms with Gasteiger partial charge in [-0.05, 0) is 26.0 Å². The minimum absolute atomic E-state index is 0.209. The summed E-state index contributed by atoms with van der Waals surface area (Å²) in [5, 5.41) is 10.5. The van der Waals surface area contributed by atoms with E-state index in [1.54, 1.807) is 18.5 Å². The van der Waals surface area contributed by atoms with E-state index in [4.69, 9.17) is 0 Å². The average Bonchev–Trinajstić information content (AvgIpc) is 2.75. The van der Waals surface area contributed by atoms with Crippen molar-refractivity contribution in [1.29, 1.82) is 0 Å². The quantitative estimate of drug-likeness (QED) is 0.881. The van der Waals surface area contributed by atoms with Gasteiger partial charge in [0.2, 0.25) is 5.91 Å². The van der Waals surface area contributed by atoms with Crippen molar-refractivity contribution < 1.29 is 13.6 Å². The van der Waals surface area contributed by atoms with Crippen molar-refractivity contribution in [3.8, 4) is 0 Å². The van der Waals surface area contributed by atoms with Gasteiger partial charge in [0.1, 0.15) is 5.82 Å². The molecule has 0 saturated heterocycles. The molecule has 1 aromatic heterocycles. The third-order valence-corrected chi connectivity index (χ3v) is 4.03. The molecular weight excluding hydrogens is 298 g/mol. The van der Waals surface area contributed by atoms with Gasteiger partial charge in [-0.3, -0.25) is 4.79 Å². The van der Waals surface area contributed by atoms with Gasteiger partial charge in [0.15, 0.2) is 16.8 Å². The number of carbonyl (C=O) groups is 1. The highest BCUT2D eigenvalue weighted by Crippen LogP contribution is 2.22. The number of carbonyl (C=O) groups excluding carboxylic acids is 1. The molecule has 1 heterocycles. The van der Waals surface area contributed by atoms with Crippen LogP contribution >= 0.6 is 11.8 Å². The van der Waals surface area contributed by atoms with E-state index in [-0.39, 0.29) is 11.6 Å². The molecular formula is C13H14F2N4OS. The Balaban J connectivity index is 2.02. The first kappa shape index (κ1) is 15.4. The Morgan fingerprint density at radius 2 is 2.05 bits per heavy atom. The lowest BCUT2D eigenvalue weighted by atomic mass is 10.3. The first-order chi connectivity index (χ1) is 9.88. The zero-order chi connectivity index (χ0) is 15.6. The van der Waals surface area contributed by atoms with Crippen LogP contribution in [-0.4, -0.2) is 25.9 Å². The number of anilines is 1. The Morgan fingerprint density at radius 1 is 1.33 bits per heavy atom. The summed E-state index contributed by atoms with van der Waals surface area (Å²) < 4.78 is 27.7. The standard InChI is InChI=1S/C13H14F2N4OS/c1-7(21-13-18-17-8(2)19(13)3)12(20)16-9-4-5-10(14)11(15)6-9/h4-7H,1-3H3,(H,16,20)/t7-/m1/s1. The molecule has 0 radical (unpaired) electrons. The molecule has 21 heavy (non-hydrogen) atoms. The molecule has 2 rings (SSSR count). The number of hydrogen-bond acceptors (Lipinski definition) is 4. The Morgan fingerprint density at radius 3 is 2.62 bits per heavy atom. The molecule has 8 heteroatoms. The zero-order valence-corrected chi connectivity index (χ0v) is 12.5. The SMILES string of the molecule is Cc1nnc(S[C@H](C)C(=O)Nc2ccc(F)c(F)c2)n1C. The lowest BCUT2D eigenvalue weighted by molar-refractivity contribution is -0.115. The number of hydrogen-bond donors (Lipinski definition) is 1. The number of aryl methyl sites for hydroxylation is 1. The topological polar surface area (TPSA) is 59.8 Å². The summed E-state index contributed by atoms with van der Waals surface area (Å²) in [4.78, 5) is 12.0. The van der Waals surface area contributed by atoms with Gasteiger partial charge in [0.25, 0.3) is 0 Å². The van der Waals surface area contributed by atoms with Crippen LogP contribution in [-0.2, 0) is 11.8 Å². The molecule has 112 valence electrons. The summed E-state index contributed by atoms with van der Waals surface area (Å²) in [7, 11) is 1.80. The van der Waals surface area contributed by atoms with Crippen LogP contribution in [0.4, 0.5) is 14.5 Å². The second-order valence-corrected chi connectivity index (χ2v) is 5.77. The summed E-state index contributed by atoms with van der Waals surface area (Å²) >= 11 is 1.24. The Kier molecular flexibility index (Phi) is 4.56. The molecule has 1 amide bonds. The van der Waals surface area contributed by atoms with Crippen LogP contribution in [0.15, 0.2) is 23.4 Å². The summed E-state index contributed by atoms with van der Waals surface area (Å²) in [6, 6.07) is 3.21. The fourth-order valence-corrected chi connectivity index (χ4v) is 2.38. The van der Waals surface area contributed by atoms with Crippen molar-refractivity contribution in [1.82, 2.24) is 14.8 Å². The Labute approximate surface area is 124 Å². The summed E-state index contributed by atoms with van der Waals surface area (Å²) in [6.45, 7) is 3.51. The lowest BCUT2D eigenvalue weighted by Gasteiger charge is -2.11. The van der Waals surface area contributed by atoms with Crippen LogP contribution in [0.3, 0.4) is 0 Å². The second-order valence-electron chi connectivity index (χ2n) is 4.47. The number of rotatable bonds is 4. The van der Waals surface area contributed by atoms with Crippen LogP contribution in [0.2, 0.25) is 0 Å². The van der Waals surface area contributed by atoms with Gasteiger partial charge in [-0.2, -0.15) is 0 Å². The predicted molar refractivity (Wildman–Crippen MR) is 76.0 cm³/mol. The third kappa shape index (κ3) is 3.57. The van der Waals surface area contributed by atoms with Gasteiger partial charge < -0.3 is 9.88 Å². The van der Waals surface area contributed by atoms with Gasteiger partial charge in [-0.25, -0.2) is 8.78 Å². The molecule has 0 spiro atoms. The fraction of sp³-hybridized carbons (Fsp3) is 0.308. The van der Waals surface area contributed by atoms with E-state index in [2.05, 4.69) is 15.5 Å². The van der Waals surface area contributed by atoms with Crippen LogP contribution in [0, 0.1) is 18.6 Å². The van der Waals surface area contributed by atoms with Crippen molar-refractivity contribution in [3.63, 3.8) is 0 Å². The molecule has 1 aromatic carbocycles. The Bertz CT molecular complexity index is 674. The van der Waals surface area contributed by atoms with Crippen molar-refractivity contribution in [2.75, 3.05) is 5.32 Å². The number of thioether (sulfide) groups is 1. The third-order valence-electron chi connectivity index (χ3n) is 2.89. The maximum Gasteiger partial charge on any atom is 0.237 e. The van der Waals surface area contributed by atoms with Crippen molar-refractivity contribution >= 4 is 23.4 Å². The van der Waals surface area contributed by atoms with Crippen molar-refractivity contribution in [3.05, 3.63) is 35.7 Å². The smallest absolute Gasteiger partial charge is 0.237 e. The molecule has 1 N–H and O–H groups in total. The van der Waals surface area contributed by atoms with Crippen molar-refractivity contribution in [2.45, 2.75) is 24.3 Å². The molecule has 0 saturated carbocycles. The van der Waals surface area contributed by atoms with Crippen molar-refractivity contribution in [2.24, 2.45) is 7.05 Å². The van der Waals surface area contributed by atoms with Gasteiger partial charge >= 0.3 is 0 Å². The maximum atomic E-state index is 13.1. The van der Waals surface area contributed by atoms with Gasteiger partial charge in [0.05, 0.1) is 5.25 Å². The number of nitrogens with one attached hydrogen (secondary N) is 1. The number of nitrogens with zero attached hydrogens (tertiary/aromatic N) is 3. The van der Waals surface area contributed by atoms with Gasteiger partial charge in [0, 0.05) is 18.8 Å². The largest absolute Gasteiger partial charge is 0.325 e. The summed E-state index contributed by atoms with van der Waals surface area (Å²) in [6.07, 6.45) is 0. The van der Waals surface area contributed by atoms with Gasteiger partial charge in [-0.1, -0.05) is 11.8 Å². The molecule has 0 aliphatic rings. The maximum absolute atomic E-state index is 13.1. The zero-order valence-electron chi connectivity index (χ0n) is 11.7. The molecule has 0 aliphatic heterocycles.